The second-order valence-corrected chi connectivity index (χ2v) is 5.21. The largest absolute Gasteiger partial charge is 0.372 e. The number of hydrogen-bond donors (Lipinski definition) is 0. The van der Waals surface area contributed by atoms with Crippen LogP contribution in [0.5, 0.6) is 0 Å². The van der Waals surface area contributed by atoms with E-state index in [-0.39, 0.29) is 0 Å². The van der Waals surface area contributed by atoms with Crippen LogP contribution in [-0.2, 0) is 6.42 Å². The highest BCUT2D eigenvalue weighted by atomic mass is 15.1. The Kier molecular flexibility index (Phi) is 6.16. The van der Waals surface area contributed by atoms with Gasteiger partial charge in [0.15, 0.2) is 0 Å². The molecular weight excluding hydrogens is 242 g/mol. The first-order chi connectivity index (χ1) is 9.90. The monoisotopic (exact) mass is 267 g/mol. The summed E-state index contributed by atoms with van der Waals surface area (Å²) in [5.74, 6) is 0. The zero-order chi connectivity index (χ0) is 14.0. The van der Waals surface area contributed by atoms with Gasteiger partial charge in [0.1, 0.15) is 0 Å². The second kappa shape index (κ2) is 8.42. The Balaban J connectivity index is 1.67. The van der Waals surface area contributed by atoms with Gasteiger partial charge in [-0.25, -0.2) is 0 Å². The van der Waals surface area contributed by atoms with Crippen molar-refractivity contribution in [2.45, 2.75) is 32.6 Å². The molecule has 0 radical (unpaired) electrons. The van der Waals surface area contributed by atoms with Crippen LogP contribution >= 0.6 is 0 Å². The quantitative estimate of drug-likeness (QED) is 0.613. The molecule has 2 aromatic rings. The van der Waals surface area contributed by atoms with Crippen LogP contribution in [0.4, 0.5) is 5.69 Å². The van der Waals surface area contributed by atoms with E-state index in [0.717, 1.165) is 13.1 Å². The standard InChI is InChI=1S/C19H25N/c1-2-20(19-15-9-4-10-16-19)17-11-5-8-14-18-12-6-3-7-13-18/h3-4,6-7,9-10,12-13,15-16H,2,5,8,11,14,17H2,1H3. The molecule has 0 unspecified atom stereocenters. The average molecular weight is 267 g/mol. The van der Waals surface area contributed by atoms with Gasteiger partial charge in [0.25, 0.3) is 0 Å². The van der Waals surface area contributed by atoms with E-state index in [0.29, 0.717) is 0 Å². The van der Waals surface area contributed by atoms with Crippen molar-refractivity contribution in [3.8, 4) is 0 Å². The predicted octanol–water partition coefficient (Wildman–Crippen LogP) is 4.93. The smallest absolute Gasteiger partial charge is 0.0366 e. The topological polar surface area (TPSA) is 3.24 Å². The lowest BCUT2D eigenvalue weighted by atomic mass is 10.1. The molecule has 2 rings (SSSR count). The van der Waals surface area contributed by atoms with Crippen molar-refractivity contribution in [2.24, 2.45) is 0 Å². The Morgan fingerprint density at radius 3 is 2.05 bits per heavy atom. The maximum absolute atomic E-state index is 2.46. The fourth-order valence-corrected chi connectivity index (χ4v) is 2.56. The van der Waals surface area contributed by atoms with E-state index in [4.69, 9.17) is 0 Å². The van der Waals surface area contributed by atoms with Gasteiger partial charge in [0, 0.05) is 18.8 Å². The van der Waals surface area contributed by atoms with Crippen LogP contribution < -0.4 is 4.90 Å². The molecule has 20 heavy (non-hydrogen) atoms. The molecule has 0 aliphatic heterocycles. The number of nitrogens with zero attached hydrogens (tertiary/aromatic N) is 1. The van der Waals surface area contributed by atoms with Gasteiger partial charge in [-0.3, -0.25) is 0 Å². The molecule has 0 heterocycles. The molecule has 0 fully saturated rings. The van der Waals surface area contributed by atoms with Gasteiger partial charge in [-0.1, -0.05) is 55.0 Å². The fraction of sp³-hybridized carbons (Fsp3) is 0.368. The Labute approximate surface area is 123 Å². The van der Waals surface area contributed by atoms with Gasteiger partial charge in [-0.15, -0.1) is 0 Å². The van der Waals surface area contributed by atoms with Gasteiger partial charge in [-0.2, -0.15) is 0 Å². The third-order valence-electron chi connectivity index (χ3n) is 3.74. The van der Waals surface area contributed by atoms with Crippen LogP contribution in [0.3, 0.4) is 0 Å². The summed E-state index contributed by atoms with van der Waals surface area (Å²) in [5, 5.41) is 0. The van der Waals surface area contributed by atoms with Crippen LogP contribution in [0, 0.1) is 0 Å². The minimum Gasteiger partial charge on any atom is -0.372 e. The van der Waals surface area contributed by atoms with Crippen LogP contribution in [0.2, 0.25) is 0 Å². The molecular formula is C19H25N. The maximum Gasteiger partial charge on any atom is 0.0366 e. The maximum atomic E-state index is 2.46. The summed E-state index contributed by atoms with van der Waals surface area (Å²) in [4.78, 5) is 2.46. The molecule has 0 amide bonds. The van der Waals surface area contributed by atoms with Crippen LogP contribution in [0.15, 0.2) is 60.7 Å². The Morgan fingerprint density at radius 1 is 0.750 bits per heavy atom. The van der Waals surface area contributed by atoms with Gasteiger partial charge < -0.3 is 4.90 Å². The Morgan fingerprint density at radius 2 is 1.40 bits per heavy atom. The average Bonchev–Trinajstić information content (AvgIpc) is 2.53. The molecule has 0 N–H and O–H groups in total. The first-order valence-electron chi connectivity index (χ1n) is 7.74. The fourth-order valence-electron chi connectivity index (χ4n) is 2.56. The molecule has 0 aromatic heterocycles. The van der Waals surface area contributed by atoms with E-state index in [1.807, 2.05) is 0 Å². The van der Waals surface area contributed by atoms with E-state index in [1.54, 1.807) is 0 Å². The summed E-state index contributed by atoms with van der Waals surface area (Å²) in [7, 11) is 0. The summed E-state index contributed by atoms with van der Waals surface area (Å²) in [6.07, 6.45) is 5.07. The van der Waals surface area contributed by atoms with E-state index in [2.05, 4.69) is 72.5 Å². The number of unbranched alkanes of at least 4 members (excludes halogenated alkanes) is 2. The van der Waals surface area contributed by atoms with E-state index < -0.39 is 0 Å². The SMILES string of the molecule is CCN(CCCCCc1ccccc1)c1ccccc1. The van der Waals surface area contributed by atoms with Crippen molar-refractivity contribution < 1.29 is 0 Å². The molecule has 0 bridgehead atoms. The van der Waals surface area contributed by atoms with E-state index in [9.17, 15) is 0 Å². The lowest BCUT2D eigenvalue weighted by molar-refractivity contribution is 0.658. The normalized spacial score (nSPS) is 10.4. The van der Waals surface area contributed by atoms with E-state index >= 15 is 0 Å². The highest BCUT2D eigenvalue weighted by Gasteiger charge is 2.02. The summed E-state index contributed by atoms with van der Waals surface area (Å²) in [6.45, 7) is 4.48. The Bertz CT molecular complexity index is 464. The molecule has 0 saturated heterocycles. The van der Waals surface area contributed by atoms with Crippen LogP contribution in [0.1, 0.15) is 31.7 Å². The number of hydrogen-bond acceptors (Lipinski definition) is 1. The van der Waals surface area contributed by atoms with E-state index in [1.165, 1.54) is 36.9 Å². The van der Waals surface area contributed by atoms with Crippen molar-refractivity contribution in [1.29, 1.82) is 0 Å². The van der Waals surface area contributed by atoms with Crippen molar-refractivity contribution in [2.75, 3.05) is 18.0 Å². The van der Waals surface area contributed by atoms with Crippen molar-refractivity contribution in [1.82, 2.24) is 0 Å². The highest BCUT2D eigenvalue weighted by Crippen LogP contribution is 2.14. The zero-order valence-electron chi connectivity index (χ0n) is 12.5. The highest BCUT2D eigenvalue weighted by molar-refractivity contribution is 5.45. The third-order valence-corrected chi connectivity index (χ3v) is 3.74. The van der Waals surface area contributed by atoms with Crippen molar-refractivity contribution in [3.05, 3.63) is 66.2 Å². The molecule has 106 valence electrons. The number of rotatable bonds is 8. The van der Waals surface area contributed by atoms with Gasteiger partial charge in [0.05, 0.1) is 0 Å². The summed E-state index contributed by atoms with van der Waals surface area (Å²) in [5.41, 5.74) is 2.81. The first kappa shape index (κ1) is 14.6. The summed E-state index contributed by atoms with van der Waals surface area (Å²) in [6, 6.07) is 21.5. The Hall–Kier alpha value is -1.76. The molecule has 2 aromatic carbocycles. The number of aryl methyl sites for hydroxylation is 1. The lowest BCUT2D eigenvalue weighted by Crippen LogP contribution is -2.23. The first-order valence-corrected chi connectivity index (χ1v) is 7.74. The minimum atomic E-state index is 1.09. The van der Waals surface area contributed by atoms with Crippen LogP contribution in [-0.4, -0.2) is 13.1 Å². The predicted molar refractivity (Wildman–Crippen MR) is 88.3 cm³/mol. The summed E-state index contributed by atoms with van der Waals surface area (Å²) < 4.78 is 0. The zero-order valence-corrected chi connectivity index (χ0v) is 12.5. The van der Waals surface area contributed by atoms with Gasteiger partial charge in [0.2, 0.25) is 0 Å². The molecule has 0 aliphatic carbocycles. The molecule has 0 atom stereocenters. The van der Waals surface area contributed by atoms with Gasteiger partial charge in [-0.05, 0) is 43.9 Å². The number of para-hydroxylation sites is 1. The third kappa shape index (κ3) is 4.73. The molecule has 0 spiro atoms. The summed E-state index contributed by atoms with van der Waals surface area (Å²) >= 11 is 0. The minimum absolute atomic E-state index is 1.09. The van der Waals surface area contributed by atoms with Gasteiger partial charge >= 0.3 is 0 Å². The number of anilines is 1. The lowest BCUT2D eigenvalue weighted by Gasteiger charge is -2.23. The number of benzene rings is 2. The van der Waals surface area contributed by atoms with Crippen molar-refractivity contribution in [3.63, 3.8) is 0 Å². The van der Waals surface area contributed by atoms with Crippen molar-refractivity contribution >= 4 is 5.69 Å². The molecule has 1 heteroatoms. The van der Waals surface area contributed by atoms with Crippen LogP contribution in [0.25, 0.3) is 0 Å². The molecule has 1 nitrogen and oxygen atoms in total. The second-order valence-electron chi connectivity index (χ2n) is 5.21. The molecule has 0 saturated carbocycles. The molecule has 0 aliphatic rings.